The molecule has 0 radical (unpaired) electrons. The minimum Gasteiger partial charge on any atom is -0.497 e. The van der Waals surface area contributed by atoms with E-state index in [0.717, 1.165) is 11.4 Å². The van der Waals surface area contributed by atoms with Crippen LogP contribution < -0.4 is 20.5 Å². The highest BCUT2D eigenvalue weighted by atomic mass is 16.5. The summed E-state index contributed by atoms with van der Waals surface area (Å²) in [6, 6.07) is 5.46. The van der Waals surface area contributed by atoms with Crippen LogP contribution in [0.2, 0.25) is 0 Å². The van der Waals surface area contributed by atoms with Crippen molar-refractivity contribution >= 4 is 11.6 Å². The molecule has 1 aromatic carbocycles. The number of hydrogen-bond donors (Lipinski definition) is 2. The molecule has 0 unspecified atom stereocenters. The van der Waals surface area contributed by atoms with Gasteiger partial charge in [0, 0.05) is 12.6 Å². The number of guanidine groups is 1. The number of aliphatic imine (C=N–C) groups is 1. The first-order valence-electron chi connectivity index (χ1n) is 5.85. The van der Waals surface area contributed by atoms with Gasteiger partial charge in [-0.25, -0.2) is 0 Å². The molecule has 0 spiro atoms. The summed E-state index contributed by atoms with van der Waals surface area (Å²) in [7, 11) is 3.22. The third kappa shape index (κ3) is 4.16. The van der Waals surface area contributed by atoms with Crippen molar-refractivity contribution in [1.82, 2.24) is 0 Å². The maximum absolute atomic E-state index is 5.81. The van der Waals surface area contributed by atoms with E-state index in [4.69, 9.17) is 15.2 Å². The average molecular weight is 251 g/mol. The van der Waals surface area contributed by atoms with E-state index in [1.54, 1.807) is 14.2 Å². The minimum absolute atomic E-state index is 0.371. The quantitative estimate of drug-likeness (QED) is 0.621. The van der Waals surface area contributed by atoms with E-state index in [2.05, 4.69) is 24.2 Å². The Morgan fingerprint density at radius 1 is 1.33 bits per heavy atom. The van der Waals surface area contributed by atoms with E-state index in [9.17, 15) is 0 Å². The van der Waals surface area contributed by atoms with Gasteiger partial charge in [0.1, 0.15) is 11.5 Å². The molecular weight excluding hydrogens is 230 g/mol. The topological polar surface area (TPSA) is 68.9 Å². The fourth-order valence-electron chi connectivity index (χ4n) is 1.37. The molecule has 3 N–H and O–H groups in total. The van der Waals surface area contributed by atoms with E-state index in [1.165, 1.54) is 0 Å². The molecule has 0 atom stereocenters. The molecule has 0 heterocycles. The van der Waals surface area contributed by atoms with Crippen LogP contribution in [0.4, 0.5) is 5.69 Å². The lowest BCUT2D eigenvalue weighted by molar-refractivity contribution is 0.405. The fourth-order valence-corrected chi connectivity index (χ4v) is 1.37. The number of methoxy groups -OCH3 is 2. The second-order valence-electron chi connectivity index (χ2n) is 4.31. The van der Waals surface area contributed by atoms with Gasteiger partial charge in [0.25, 0.3) is 0 Å². The van der Waals surface area contributed by atoms with Crippen LogP contribution in [0.3, 0.4) is 0 Å². The highest BCUT2D eigenvalue weighted by molar-refractivity contribution is 5.94. The van der Waals surface area contributed by atoms with Gasteiger partial charge in [-0.05, 0) is 18.1 Å². The van der Waals surface area contributed by atoms with Crippen LogP contribution >= 0.6 is 0 Å². The molecule has 0 saturated heterocycles. The monoisotopic (exact) mass is 251 g/mol. The third-order valence-corrected chi connectivity index (χ3v) is 2.30. The molecule has 1 aromatic rings. The first-order valence-corrected chi connectivity index (χ1v) is 5.85. The predicted octanol–water partition coefficient (Wildman–Crippen LogP) is 2.09. The number of rotatable bonds is 5. The number of nitrogens with two attached hydrogens (primary N) is 1. The van der Waals surface area contributed by atoms with Crippen LogP contribution in [0.15, 0.2) is 23.2 Å². The predicted molar refractivity (Wildman–Crippen MR) is 74.5 cm³/mol. The zero-order valence-electron chi connectivity index (χ0n) is 11.4. The van der Waals surface area contributed by atoms with Crippen LogP contribution in [0.25, 0.3) is 0 Å². The largest absolute Gasteiger partial charge is 0.497 e. The zero-order chi connectivity index (χ0) is 13.5. The van der Waals surface area contributed by atoms with Crippen molar-refractivity contribution in [1.29, 1.82) is 0 Å². The first kappa shape index (κ1) is 14.2. The summed E-state index contributed by atoms with van der Waals surface area (Å²) in [5, 5.41) is 3.01. The van der Waals surface area contributed by atoms with Crippen molar-refractivity contribution < 1.29 is 9.47 Å². The Morgan fingerprint density at radius 2 is 2.06 bits per heavy atom. The normalized spacial score (nSPS) is 11.5. The number of ether oxygens (including phenoxy) is 2. The van der Waals surface area contributed by atoms with Gasteiger partial charge < -0.3 is 20.5 Å². The summed E-state index contributed by atoms with van der Waals surface area (Å²) in [6.45, 7) is 4.86. The fraction of sp³-hybridized carbons (Fsp3) is 0.462. The zero-order valence-corrected chi connectivity index (χ0v) is 11.4. The van der Waals surface area contributed by atoms with E-state index in [0.29, 0.717) is 24.2 Å². The van der Waals surface area contributed by atoms with Gasteiger partial charge in [-0.15, -0.1) is 0 Å². The molecule has 5 heteroatoms. The molecule has 0 aliphatic heterocycles. The second-order valence-corrected chi connectivity index (χ2v) is 4.31. The molecule has 5 nitrogen and oxygen atoms in total. The maximum atomic E-state index is 5.81. The summed E-state index contributed by atoms with van der Waals surface area (Å²) in [5.74, 6) is 2.27. The minimum atomic E-state index is 0.371. The molecule has 1 rings (SSSR count). The van der Waals surface area contributed by atoms with Gasteiger partial charge in [0.05, 0.1) is 19.9 Å². The van der Waals surface area contributed by atoms with Gasteiger partial charge in [-0.1, -0.05) is 13.8 Å². The molecule has 0 fully saturated rings. The summed E-state index contributed by atoms with van der Waals surface area (Å²) in [5.41, 5.74) is 6.55. The lowest BCUT2D eigenvalue weighted by Crippen LogP contribution is -2.23. The van der Waals surface area contributed by atoms with Crippen molar-refractivity contribution in [3.8, 4) is 11.5 Å². The third-order valence-electron chi connectivity index (χ3n) is 2.30. The Kier molecular flexibility index (Phi) is 5.30. The molecule has 0 aliphatic carbocycles. The smallest absolute Gasteiger partial charge is 0.193 e. The highest BCUT2D eigenvalue weighted by Crippen LogP contribution is 2.28. The Bertz CT molecular complexity index is 417. The second kappa shape index (κ2) is 6.74. The summed E-state index contributed by atoms with van der Waals surface area (Å²) < 4.78 is 10.4. The van der Waals surface area contributed by atoms with E-state index in [-0.39, 0.29) is 0 Å². The number of nitrogens with zero attached hydrogens (tertiary/aromatic N) is 1. The summed E-state index contributed by atoms with van der Waals surface area (Å²) in [6.07, 6.45) is 0. The number of benzene rings is 1. The Balaban J connectivity index is 2.84. The van der Waals surface area contributed by atoms with Crippen molar-refractivity contribution in [2.24, 2.45) is 16.6 Å². The Morgan fingerprint density at radius 3 is 2.61 bits per heavy atom. The van der Waals surface area contributed by atoms with Crippen LogP contribution in [0.1, 0.15) is 13.8 Å². The molecule has 0 aromatic heterocycles. The lowest BCUT2D eigenvalue weighted by atomic mass is 10.2. The van der Waals surface area contributed by atoms with E-state index >= 15 is 0 Å². The summed E-state index contributed by atoms with van der Waals surface area (Å²) in [4.78, 5) is 4.24. The van der Waals surface area contributed by atoms with Crippen LogP contribution in [0, 0.1) is 5.92 Å². The first-order chi connectivity index (χ1) is 8.56. The van der Waals surface area contributed by atoms with Crippen molar-refractivity contribution in [3.63, 3.8) is 0 Å². The Labute approximate surface area is 108 Å². The molecule has 0 bridgehead atoms. The van der Waals surface area contributed by atoms with Gasteiger partial charge in [0.15, 0.2) is 5.96 Å². The number of anilines is 1. The van der Waals surface area contributed by atoms with Crippen LogP contribution in [-0.2, 0) is 0 Å². The number of hydrogen-bond acceptors (Lipinski definition) is 3. The lowest BCUT2D eigenvalue weighted by Gasteiger charge is -2.12. The van der Waals surface area contributed by atoms with Gasteiger partial charge in [-0.2, -0.15) is 0 Å². The van der Waals surface area contributed by atoms with E-state index < -0.39 is 0 Å². The molecule has 18 heavy (non-hydrogen) atoms. The molecule has 0 amide bonds. The number of nitrogens with one attached hydrogen (secondary N) is 1. The molecule has 100 valence electrons. The van der Waals surface area contributed by atoms with Crippen LogP contribution in [0.5, 0.6) is 11.5 Å². The van der Waals surface area contributed by atoms with Gasteiger partial charge >= 0.3 is 0 Å². The molecular formula is C13H21N3O2. The van der Waals surface area contributed by atoms with Gasteiger partial charge in [-0.3, -0.25) is 4.99 Å². The van der Waals surface area contributed by atoms with Crippen LogP contribution in [-0.4, -0.2) is 26.7 Å². The van der Waals surface area contributed by atoms with Crippen molar-refractivity contribution in [2.75, 3.05) is 26.1 Å². The standard InChI is InChI=1S/C13H21N3O2/c1-9(2)8-15-13(14)16-11-7-10(17-3)5-6-12(11)18-4/h5-7,9H,8H2,1-4H3,(H3,14,15,16). The summed E-state index contributed by atoms with van der Waals surface area (Å²) >= 11 is 0. The van der Waals surface area contributed by atoms with Crippen molar-refractivity contribution in [3.05, 3.63) is 18.2 Å². The van der Waals surface area contributed by atoms with Crippen molar-refractivity contribution in [2.45, 2.75) is 13.8 Å². The molecule has 0 aliphatic rings. The SMILES string of the molecule is COc1ccc(OC)c(NC(N)=NCC(C)C)c1. The molecule has 0 saturated carbocycles. The highest BCUT2D eigenvalue weighted by Gasteiger charge is 2.06. The maximum Gasteiger partial charge on any atom is 0.193 e. The Hall–Kier alpha value is -1.91. The van der Waals surface area contributed by atoms with Gasteiger partial charge in [0.2, 0.25) is 0 Å². The van der Waals surface area contributed by atoms with E-state index in [1.807, 2.05) is 18.2 Å². The average Bonchev–Trinajstić information content (AvgIpc) is 2.36.